The third kappa shape index (κ3) is 2.88. The van der Waals surface area contributed by atoms with Gasteiger partial charge in [-0.25, -0.2) is 0 Å². The minimum absolute atomic E-state index is 0.0733. The zero-order valence-electron chi connectivity index (χ0n) is 8.77. The van der Waals surface area contributed by atoms with E-state index in [-0.39, 0.29) is 5.38 Å². The van der Waals surface area contributed by atoms with Crippen LogP contribution < -0.4 is 4.90 Å². The lowest BCUT2D eigenvalue weighted by Gasteiger charge is -2.20. The SMILES string of the molecule is FC(F)(F)c1ccc(N2CCC(Cl)C2)c(Br)c1. The molecule has 1 unspecified atom stereocenters. The van der Waals surface area contributed by atoms with Gasteiger partial charge in [0.15, 0.2) is 0 Å². The number of hydrogen-bond donors (Lipinski definition) is 0. The molecule has 0 amide bonds. The topological polar surface area (TPSA) is 3.24 Å². The van der Waals surface area contributed by atoms with Crippen molar-refractivity contribution >= 4 is 33.2 Å². The summed E-state index contributed by atoms with van der Waals surface area (Å²) < 4.78 is 37.9. The van der Waals surface area contributed by atoms with Gasteiger partial charge in [-0.1, -0.05) is 0 Å². The van der Waals surface area contributed by atoms with Gasteiger partial charge in [0, 0.05) is 17.6 Å². The van der Waals surface area contributed by atoms with Crippen molar-refractivity contribution in [2.75, 3.05) is 18.0 Å². The Morgan fingerprint density at radius 2 is 2.06 bits per heavy atom. The summed E-state index contributed by atoms with van der Waals surface area (Å²) in [6.45, 7) is 1.45. The molecular weight excluding hydrogens is 318 g/mol. The van der Waals surface area contributed by atoms with Crippen LogP contribution in [0.4, 0.5) is 18.9 Å². The molecule has 1 aliphatic heterocycles. The fourth-order valence-corrected chi connectivity index (χ4v) is 2.77. The summed E-state index contributed by atoms with van der Waals surface area (Å²) in [7, 11) is 0. The van der Waals surface area contributed by atoms with Crippen molar-refractivity contribution < 1.29 is 13.2 Å². The molecule has 1 atom stereocenters. The van der Waals surface area contributed by atoms with Crippen LogP contribution in [0.1, 0.15) is 12.0 Å². The summed E-state index contributed by atoms with van der Waals surface area (Å²) in [5.74, 6) is 0. The molecule has 1 saturated heterocycles. The molecule has 0 bridgehead atoms. The molecule has 6 heteroatoms. The molecule has 0 spiro atoms. The molecule has 0 aliphatic carbocycles. The summed E-state index contributed by atoms with van der Waals surface area (Å²) in [6.07, 6.45) is -3.45. The highest BCUT2D eigenvalue weighted by atomic mass is 79.9. The van der Waals surface area contributed by atoms with Gasteiger partial charge in [-0.15, -0.1) is 11.6 Å². The maximum atomic E-state index is 12.5. The second kappa shape index (κ2) is 4.69. The van der Waals surface area contributed by atoms with Gasteiger partial charge in [0.1, 0.15) is 0 Å². The van der Waals surface area contributed by atoms with E-state index in [4.69, 9.17) is 11.6 Å². The minimum atomic E-state index is -4.30. The maximum Gasteiger partial charge on any atom is 0.416 e. The molecule has 0 radical (unpaired) electrons. The van der Waals surface area contributed by atoms with Crippen molar-refractivity contribution in [3.8, 4) is 0 Å². The fourth-order valence-electron chi connectivity index (χ4n) is 1.88. The minimum Gasteiger partial charge on any atom is -0.369 e. The fraction of sp³-hybridized carbons (Fsp3) is 0.455. The Kier molecular flexibility index (Phi) is 3.59. The highest BCUT2D eigenvalue weighted by Gasteiger charge is 2.31. The van der Waals surface area contributed by atoms with E-state index in [1.54, 1.807) is 0 Å². The van der Waals surface area contributed by atoms with Crippen LogP contribution in [-0.2, 0) is 6.18 Å². The standard InChI is InChI=1S/C11H10BrClF3N/c12-9-5-7(11(14,15)16)1-2-10(9)17-4-3-8(13)6-17/h1-2,5,8H,3-4,6H2. The molecule has 1 fully saturated rings. The monoisotopic (exact) mass is 327 g/mol. The summed E-state index contributed by atoms with van der Waals surface area (Å²) in [4.78, 5) is 1.99. The van der Waals surface area contributed by atoms with Crippen LogP contribution in [0.3, 0.4) is 0 Å². The van der Waals surface area contributed by atoms with Gasteiger partial charge in [-0.05, 0) is 40.5 Å². The quantitative estimate of drug-likeness (QED) is 0.695. The molecule has 0 aromatic heterocycles. The lowest BCUT2D eigenvalue weighted by Crippen LogP contribution is -2.20. The van der Waals surface area contributed by atoms with Crippen LogP contribution in [-0.4, -0.2) is 18.5 Å². The van der Waals surface area contributed by atoms with Crippen LogP contribution >= 0.6 is 27.5 Å². The third-order valence-corrected chi connectivity index (χ3v) is 3.74. The molecule has 1 heterocycles. The Hall–Kier alpha value is -0.420. The van der Waals surface area contributed by atoms with Crippen molar-refractivity contribution in [1.82, 2.24) is 0 Å². The normalized spacial score (nSPS) is 21.0. The highest BCUT2D eigenvalue weighted by molar-refractivity contribution is 9.10. The van der Waals surface area contributed by atoms with Crippen LogP contribution in [0.5, 0.6) is 0 Å². The van der Waals surface area contributed by atoms with Gasteiger partial charge in [-0.3, -0.25) is 0 Å². The van der Waals surface area contributed by atoms with Crippen LogP contribution in [0, 0.1) is 0 Å². The van der Waals surface area contributed by atoms with Crippen molar-refractivity contribution in [1.29, 1.82) is 0 Å². The molecule has 17 heavy (non-hydrogen) atoms. The molecule has 0 N–H and O–H groups in total. The Bertz CT molecular complexity index is 422. The maximum absolute atomic E-state index is 12.5. The first kappa shape index (κ1) is 13.0. The molecular formula is C11H10BrClF3N. The van der Waals surface area contributed by atoms with Gasteiger partial charge in [-0.2, -0.15) is 13.2 Å². The average molecular weight is 329 g/mol. The predicted molar refractivity (Wildman–Crippen MR) is 65.6 cm³/mol. The van der Waals surface area contributed by atoms with E-state index in [9.17, 15) is 13.2 Å². The summed E-state index contributed by atoms with van der Waals surface area (Å²) >= 11 is 9.16. The first-order valence-electron chi connectivity index (χ1n) is 5.13. The molecule has 0 saturated carbocycles. The highest BCUT2D eigenvalue weighted by Crippen LogP contribution is 2.36. The number of benzene rings is 1. The lowest BCUT2D eigenvalue weighted by molar-refractivity contribution is -0.137. The van der Waals surface area contributed by atoms with E-state index in [2.05, 4.69) is 15.9 Å². The largest absolute Gasteiger partial charge is 0.416 e. The zero-order valence-corrected chi connectivity index (χ0v) is 11.1. The Morgan fingerprint density at radius 3 is 2.53 bits per heavy atom. The number of anilines is 1. The molecule has 1 aromatic carbocycles. The van der Waals surface area contributed by atoms with Crippen LogP contribution in [0.25, 0.3) is 0 Å². The van der Waals surface area contributed by atoms with Gasteiger partial charge in [0.05, 0.1) is 16.6 Å². The number of nitrogens with zero attached hydrogens (tertiary/aromatic N) is 1. The van der Waals surface area contributed by atoms with E-state index < -0.39 is 11.7 Å². The van der Waals surface area contributed by atoms with E-state index in [0.29, 0.717) is 11.0 Å². The molecule has 94 valence electrons. The van der Waals surface area contributed by atoms with E-state index >= 15 is 0 Å². The first-order chi connectivity index (χ1) is 7.88. The van der Waals surface area contributed by atoms with Gasteiger partial charge >= 0.3 is 6.18 Å². The number of alkyl halides is 4. The van der Waals surface area contributed by atoms with Gasteiger partial charge < -0.3 is 4.90 Å². The first-order valence-corrected chi connectivity index (χ1v) is 6.36. The Labute approximate surface area is 111 Å². The van der Waals surface area contributed by atoms with Crippen molar-refractivity contribution in [2.24, 2.45) is 0 Å². The van der Waals surface area contributed by atoms with Crippen molar-refractivity contribution in [3.63, 3.8) is 0 Å². The summed E-state index contributed by atoms with van der Waals surface area (Å²) in [5.41, 5.74) is 0.121. The van der Waals surface area contributed by atoms with Crippen LogP contribution in [0.15, 0.2) is 22.7 Å². The van der Waals surface area contributed by atoms with E-state index in [1.807, 2.05) is 4.90 Å². The van der Waals surface area contributed by atoms with Crippen molar-refractivity contribution in [3.05, 3.63) is 28.2 Å². The van der Waals surface area contributed by atoms with E-state index in [0.717, 1.165) is 30.8 Å². The van der Waals surface area contributed by atoms with E-state index in [1.165, 1.54) is 6.07 Å². The van der Waals surface area contributed by atoms with Gasteiger partial charge in [0.2, 0.25) is 0 Å². The second-order valence-electron chi connectivity index (χ2n) is 4.00. The predicted octanol–water partition coefficient (Wildman–Crippen LogP) is 4.29. The summed E-state index contributed by atoms with van der Waals surface area (Å²) in [5, 5.41) is 0.0733. The van der Waals surface area contributed by atoms with Crippen molar-refractivity contribution in [2.45, 2.75) is 18.0 Å². The molecule has 1 nitrogen and oxygen atoms in total. The Morgan fingerprint density at radius 1 is 1.35 bits per heavy atom. The average Bonchev–Trinajstić information content (AvgIpc) is 2.63. The second-order valence-corrected chi connectivity index (χ2v) is 5.47. The third-order valence-electron chi connectivity index (χ3n) is 2.75. The van der Waals surface area contributed by atoms with Gasteiger partial charge in [0.25, 0.3) is 0 Å². The molecule has 2 rings (SSSR count). The smallest absolute Gasteiger partial charge is 0.369 e. The number of hydrogen-bond acceptors (Lipinski definition) is 1. The lowest BCUT2D eigenvalue weighted by atomic mass is 10.2. The zero-order chi connectivity index (χ0) is 12.6. The summed E-state index contributed by atoms with van der Waals surface area (Å²) in [6, 6.07) is 3.69. The Balaban J connectivity index is 2.26. The number of rotatable bonds is 1. The number of halogens is 5. The van der Waals surface area contributed by atoms with Crippen LogP contribution in [0.2, 0.25) is 0 Å². The molecule has 1 aliphatic rings. The molecule has 1 aromatic rings.